The van der Waals surface area contributed by atoms with Gasteiger partial charge in [-0.3, -0.25) is 0 Å². The molecule has 0 saturated heterocycles. The molecule has 0 aromatic rings. The first kappa shape index (κ1) is 10.6. The van der Waals surface area contributed by atoms with Crippen LogP contribution in [0.25, 0.3) is 0 Å². The fraction of sp³-hybridized carbons (Fsp3) is 0.222. The fourth-order valence-electron chi connectivity index (χ4n) is 1.01. The van der Waals surface area contributed by atoms with E-state index in [9.17, 15) is 13.6 Å². The SMILES string of the molecule is O=C(O)C(O)/C=C1/CC=CC(F)=C1F. The van der Waals surface area contributed by atoms with Gasteiger partial charge in [0.05, 0.1) is 0 Å². The average molecular weight is 202 g/mol. The highest BCUT2D eigenvalue weighted by atomic mass is 19.2. The standard InChI is InChI=1S/C9H8F2O3/c10-6-3-1-2-5(8(6)11)4-7(12)9(13)14/h1,3-4,7,12H,2H2,(H,13,14)/b5-4-. The van der Waals surface area contributed by atoms with Crippen LogP contribution in [0.5, 0.6) is 0 Å². The van der Waals surface area contributed by atoms with Gasteiger partial charge in [-0.05, 0) is 24.1 Å². The topological polar surface area (TPSA) is 57.5 Å². The number of hydrogen-bond donors (Lipinski definition) is 2. The molecular formula is C9H8F2O3. The lowest BCUT2D eigenvalue weighted by Crippen LogP contribution is -2.17. The van der Waals surface area contributed by atoms with Crippen LogP contribution in [0.2, 0.25) is 0 Å². The van der Waals surface area contributed by atoms with Gasteiger partial charge in [-0.15, -0.1) is 0 Å². The number of rotatable bonds is 2. The van der Waals surface area contributed by atoms with Crippen molar-refractivity contribution >= 4 is 5.97 Å². The Morgan fingerprint density at radius 2 is 2.21 bits per heavy atom. The Kier molecular flexibility index (Phi) is 3.14. The number of carbonyl (C=O) groups is 1. The zero-order valence-corrected chi connectivity index (χ0v) is 7.08. The van der Waals surface area contributed by atoms with Crippen LogP contribution in [-0.2, 0) is 4.79 Å². The summed E-state index contributed by atoms with van der Waals surface area (Å²) in [6.45, 7) is 0. The van der Waals surface area contributed by atoms with Crippen molar-refractivity contribution in [3.63, 3.8) is 0 Å². The van der Waals surface area contributed by atoms with Gasteiger partial charge in [-0.25, -0.2) is 13.6 Å². The van der Waals surface area contributed by atoms with E-state index in [1.165, 1.54) is 6.08 Å². The number of carboxylic acids is 1. The molecule has 0 aromatic heterocycles. The average Bonchev–Trinajstić information content (AvgIpc) is 2.12. The molecule has 1 aliphatic rings. The summed E-state index contributed by atoms with van der Waals surface area (Å²) in [7, 11) is 0. The summed E-state index contributed by atoms with van der Waals surface area (Å²) in [5, 5.41) is 17.2. The first-order valence-corrected chi connectivity index (χ1v) is 3.86. The summed E-state index contributed by atoms with van der Waals surface area (Å²) < 4.78 is 25.6. The molecule has 76 valence electrons. The minimum Gasteiger partial charge on any atom is -0.479 e. The van der Waals surface area contributed by atoms with Crippen LogP contribution in [0.15, 0.2) is 35.5 Å². The maximum Gasteiger partial charge on any atom is 0.336 e. The van der Waals surface area contributed by atoms with Crippen molar-refractivity contribution in [3.8, 4) is 0 Å². The molecule has 1 aliphatic carbocycles. The monoisotopic (exact) mass is 202 g/mol. The van der Waals surface area contributed by atoms with Crippen LogP contribution in [0, 0.1) is 0 Å². The van der Waals surface area contributed by atoms with Gasteiger partial charge in [0.25, 0.3) is 0 Å². The van der Waals surface area contributed by atoms with E-state index < -0.39 is 23.7 Å². The molecule has 14 heavy (non-hydrogen) atoms. The lowest BCUT2D eigenvalue weighted by atomic mass is 10.0. The number of carboxylic acid groups (broad SMARTS) is 1. The number of aliphatic carboxylic acids is 1. The summed E-state index contributed by atoms with van der Waals surface area (Å²) in [6.07, 6.45) is 1.35. The second kappa shape index (κ2) is 4.15. The predicted octanol–water partition coefficient (Wildman–Crippen LogP) is 1.47. The Bertz CT molecular complexity index is 342. The lowest BCUT2D eigenvalue weighted by molar-refractivity contribution is -0.144. The molecule has 0 saturated carbocycles. The Morgan fingerprint density at radius 1 is 1.57 bits per heavy atom. The normalized spacial score (nSPS) is 21.5. The molecule has 1 rings (SSSR count). The molecule has 1 atom stereocenters. The molecule has 0 heterocycles. The van der Waals surface area contributed by atoms with Gasteiger partial charge in [0.1, 0.15) is 0 Å². The van der Waals surface area contributed by atoms with Crippen molar-refractivity contribution < 1.29 is 23.8 Å². The second-order valence-corrected chi connectivity index (χ2v) is 2.74. The number of allylic oxidation sites excluding steroid dienone is 5. The third-order valence-electron chi connectivity index (χ3n) is 1.71. The highest BCUT2D eigenvalue weighted by Gasteiger charge is 2.17. The van der Waals surface area contributed by atoms with Crippen molar-refractivity contribution in [1.82, 2.24) is 0 Å². The van der Waals surface area contributed by atoms with Crippen molar-refractivity contribution in [2.75, 3.05) is 0 Å². The zero-order valence-electron chi connectivity index (χ0n) is 7.08. The molecule has 1 unspecified atom stereocenters. The Labute approximate surface area is 78.7 Å². The molecule has 0 fully saturated rings. The maximum atomic E-state index is 12.9. The van der Waals surface area contributed by atoms with Crippen LogP contribution < -0.4 is 0 Å². The van der Waals surface area contributed by atoms with Gasteiger partial charge in [-0.2, -0.15) is 0 Å². The quantitative estimate of drug-likeness (QED) is 0.712. The molecule has 0 aromatic carbocycles. The van der Waals surface area contributed by atoms with Gasteiger partial charge in [0.2, 0.25) is 0 Å². The van der Waals surface area contributed by atoms with Crippen LogP contribution in [0.3, 0.4) is 0 Å². The fourth-order valence-corrected chi connectivity index (χ4v) is 1.01. The third-order valence-corrected chi connectivity index (χ3v) is 1.71. The van der Waals surface area contributed by atoms with E-state index in [0.717, 1.165) is 12.2 Å². The van der Waals surface area contributed by atoms with Crippen molar-refractivity contribution in [2.24, 2.45) is 0 Å². The molecule has 0 amide bonds. The predicted molar refractivity (Wildman–Crippen MR) is 44.7 cm³/mol. The summed E-state index contributed by atoms with van der Waals surface area (Å²) in [5.74, 6) is -3.67. The van der Waals surface area contributed by atoms with E-state index >= 15 is 0 Å². The van der Waals surface area contributed by atoms with Crippen molar-refractivity contribution in [3.05, 3.63) is 35.5 Å². The highest BCUT2D eigenvalue weighted by molar-refractivity contribution is 5.74. The summed E-state index contributed by atoms with van der Waals surface area (Å²) >= 11 is 0. The minimum absolute atomic E-state index is 0.0730. The number of halogens is 2. The van der Waals surface area contributed by atoms with E-state index in [1.807, 2.05) is 0 Å². The molecule has 0 spiro atoms. The van der Waals surface area contributed by atoms with Crippen LogP contribution in [0.4, 0.5) is 8.78 Å². The molecular weight excluding hydrogens is 194 g/mol. The van der Waals surface area contributed by atoms with Crippen LogP contribution >= 0.6 is 0 Å². The molecule has 0 aliphatic heterocycles. The third kappa shape index (κ3) is 2.26. The summed E-state index contributed by atoms with van der Waals surface area (Å²) in [6, 6.07) is 0. The number of hydrogen-bond acceptors (Lipinski definition) is 2. The molecule has 2 N–H and O–H groups in total. The van der Waals surface area contributed by atoms with Gasteiger partial charge in [0.15, 0.2) is 17.8 Å². The van der Waals surface area contributed by atoms with Crippen molar-refractivity contribution in [2.45, 2.75) is 12.5 Å². The van der Waals surface area contributed by atoms with Crippen LogP contribution in [0.1, 0.15) is 6.42 Å². The lowest BCUT2D eigenvalue weighted by Gasteiger charge is -2.08. The maximum absolute atomic E-state index is 12.9. The van der Waals surface area contributed by atoms with Gasteiger partial charge in [-0.1, -0.05) is 6.08 Å². The molecule has 0 bridgehead atoms. The van der Waals surface area contributed by atoms with E-state index in [2.05, 4.69) is 0 Å². The number of aliphatic hydroxyl groups is 1. The first-order valence-electron chi connectivity index (χ1n) is 3.86. The van der Waals surface area contributed by atoms with Gasteiger partial charge < -0.3 is 10.2 Å². The van der Waals surface area contributed by atoms with Gasteiger partial charge in [0, 0.05) is 0 Å². The van der Waals surface area contributed by atoms with Gasteiger partial charge >= 0.3 is 5.97 Å². The largest absolute Gasteiger partial charge is 0.479 e. The minimum atomic E-state index is -1.81. The molecule has 5 heteroatoms. The van der Waals surface area contributed by atoms with E-state index in [4.69, 9.17) is 10.2 Å². The Morgan fingerprint density at radius 3 is 2.79 bits per heavy atom. The highest BCUT2D eigenvalue weighted by Crippen LogP contribution is 2.26. The molecule has 0 radical (unpaired) electrons. The zero-order chi connectivity index (χ0) is 10.7. The summed E-state index contributed by atoms with van der Waals surface area (Å²) in [5.41, 5.74) is -0.153. The Hall–Kier alpha value is -1.49. The smallest absolute Gasteiger partial charge is 0.336 e. The van der Waals surface area contributed by atoms with E-state index in [1.54, 1.807) is 0 Å². The second-order valence-electron chi connectivity index (χ2n) is 2.74. The first-order chi connectivity index (χ1) is 6.52. The Balaban J connectivity index is 2.90. The van der Waals surface area contributed by atoms with Crippen molar-refractivity contribution in [1.29, 1.82) is 0 Å². The number of aliphatic hydroxyl groups excluding tert-OH is 1. The summed E-state index contributed by atoms with van der Waals surface area (Å²) in [4.78, 5) is 10.2. The molecule has 3 nitrogen and oxygen atoms in total. The van der Waals surface area contributed by atoms with E-state index in [0.29, 0.717) is 0 Å². The van der Waals surface area contributed by atoms with E-state index in [-0.39, 0.29) is 12.0 Å². The van der Waals surface area contributed by atoms with Crippen LogP contribution in [-0.4, -0.2) is 22.3 Å².